The number of rotatable bonds is 10. The Morgan fingerprint density at radius 1 is 0.500 bits per heavy atom. The van der Waals surface area contributed by atoms with E-state index in [0.29, 0.717) is 0 Å². The van der Waals surface area contributed by atoms with Gasteiger partial charge in [-0.05, 0) is 6.92 Å². The third-order valence-corrected chi connectivity index (χ3v) is 5.96. The lowest BCUT2D eigenvalue weighted by atomic mass is 9.99. The highest BCUT2D eigenvalue weighted by Gasteiger charge is 2.54. The molecule has 38 heavy (non-hydrogen) atoms. The number of carbonyl (C=O) groups is 3. The Morgan fingerprint density at radius 3 is 1.37 bits per heavy atom. The third-order valence-electron chi connectivity index (χ3n) is 5.96. The molecule has 18 nitrogen and oxygen atoms in total. The molecule has 220 valence electrons. The van der Waals surface area contributed by atoms with Gasteiger partial charge < -0.3 is 73.6 Å². The Morgan fingerprint density at radius 2 is 0.868 bits per heavy atom. The fourth-order valence-corrected chi connectivity index (χ4v) is 3.95. The first-order valence-electron chi connectivity index (χ1n) is 10.9. The molecule has 18 heteroatoms. The number of ether oxygens (including phenoxy) is 8. The second kappa shape index (κ2) is 13.8. The van der Waals surface area contributed by atoms with Crippen LogP contribution in [0.2, 0.25) is 0 Å². The lowest BCUT2D eigenvalue weighted by Crippen LogP contribution is -2.66. The Kier molecular flexibility index (Phi) is 11.7. The van der Waals surface area contributed by atoms with Crippen molar-refractivity contribution < 1.29 is 88.0 Å². The summed E-state index contributed by atoms with van der Waals surface area (Å²) < 4.78 is 40.3. The highest BCUT2D eigenvalue weighted by atomic mass is 16.8. The molecule has 3 heterocycles. The van der Waals surface area contributed by atoms with Crippen LogP contribution in [0.4, 0.5) is 0 Å². The van der Waals surface area contributed by atoms with E-state index in [9.17, 15) is 50.1 Å². The van der Waals surface area contributed by atoms with Crippen LogP contribution in [-0.2, 0) is 52.3 Å². The zero-order valence-electron chi connectivity index (χ0n) is 19.0. The second-order valence-electron chi connectivity index (χ2n) is 8.29. The molecule has 0 bridgehead atoms. The van der Waals surface area contributed by atoms with Crippen LogP contribution in [0.15, 0.2) is 0 Å². The first-order chi connectivity index (χ1) is 17.5. The zero-order valence-corrected chi connectivity index (χ0v) is 19.0. The van der Waals surface area contributed by atoms with E-state index in [4.69, 9.17) is 33.2 Å². The summed E-state index contributed by atoms with van der Waals surface area (Å²) >= 11 is 0. The van der Waals surface area contributed by atoms with Gasteiger partial charge >= 0.3 is 0 Å². The second-order valence-corrected chi connectivity index (χ2v) is 8.29. The van der Waals surface area contributed by atoms with Gasteiger partial charge in [0.15, 0.2) is 24.8 Å². The van der Waals surface area contributed by atoms with Crippen LogP contribution in [0, 0.1) is 0 Å². The summed E-state index contributed by atoms with van der Waals surface area (Å²) in [5.41, 5.74) is 0. The van der Waals surface area contributed by atoms with Crippen LogP contribution in [0.25, 0.3) is 0 Å². The summed E-state index contributed by atoms with van der Waals surface area (Å²) in [4.78, 5) is 32.5. The molecule has 8 unspecified atom stereocenters. The van der Waals surface area contributed by atoms with E-state index in [1.165, 1.54) is 6.92 Å². The average molecular weight is 560 g/mol. The first kappa shape index (κ1) is 32.1. The monoisotopic (exact) mass is 560 g/mol. The lowest BCUT2D eigenvalue weighted by molar-refractivity contribution is -0.407. The van der Waals surface area contributed by atoms with Crippen LogP contribution < -0.4 is 0 Å². The molecular formula is C20H32O18. The maximum absolute atomic E-state index is 11.1. The molecule has 7 N–H and O–H groups in total. The van der Waals surface area contributed by atoms with Crippen LogP contribution in [0.3, 0.4) is 0 Å². The van der Waals surface area contributed by atoms with E-state index >= 15 is 0 Å². The summed E-state index contributed by atoms with van der Waals surface area (Å²) in [6.07, 6.45) is -26.7. The Hall–Kier alpha value is -2.07. The van der Waals surface area contributed by atoms with Crippen molar-refractivity contribution in [1.29, 1.82) is 0 Å². The van der Waals surface area contributed by atoms with Gasteiger partial charge in [-0.2, -0.15) is 0 Å². The van der Waals surface area contributed by atoms with Gasteiger partial charge in [-0.1, -0.05) is 7.43 Å². The van der Waals surface area contributed by atoms with Crippen LogP contribution in [0.1, 0.15) is 14.4 Å². The van der Waals surface area contributed by atoms with Crippen molar-refractivity contribution in [2.75, 3.05) is 0 Å². The molecule has 15 atom stereocenters. The molecule has 0 radical (unpaired) electrons. The Bertz CT molecular complexity index is 770. The minimum atomic E-state index is -2.04. The molecule has 0 aliphatic carbocycles. The molecule has 0 saturated carbocycles. The van der Waals surface area contributed by atoms with E-state index in [1.54, 1.807) is 0 Å². The third kappa shape index (κ3) is 6.55. The van der Waals surface area contributed by atoms with E-state index in [1.807, 2.05) is 0 Å². The highest BCUT2D eigenvalue weighted by Crippen LogP contribution is 2.32. The van der Waals surface area contributed by atoms with Gasteiger partial charge in [-0.25, -0.2) is 0 Å². The van der Waals surface area contributed by atoms with E-state index in [-0.39, 0.29) is 26.8 Å². The smallest absolute Gasteiger partial charge is 0.295 e. The van der Waals surface area contributed by atoms with E-state index < -0.39 is 92.5 Å². The molecular weight excluding hydrogens is 528 g/mol. The zero-order chi connectivity index (χ0) is 27.4. The molecule has 3 aliphatic rings. The number of carbonyl (C=O) groups excluding carboxylic acids is 3. The summed E-state index contributed by atoms with van der Waals surface area (Å²) in [7, 11) is 0. The van der Waals surface area contributed by atoms with Crippen molar-refractivity contribution in [3.05, 3.63) is 0 Å². The highest BCUT2D eigenvalue weighted by molar-refractivity contribution is 5.38. The minimum absolute atomic E-state index is 0. The van der Waals surface area contributed by atoms with Gasteiger partial charge in [-0.15, -0.1) is 0 Å². The number of hydrogen-bond acceptors (Lipinski definition) is 18. The minimum Gasteiger partial charge on any atom is -0.435 e. The molecule has 3 rings (SSSR count). The topological polar surface area (TPSA) is 267 Å². The van der Waals surface area contributed by atoms with Gasteiger partial charge in [0.1, 0.15) is 42.7 Å². The normalized spacial score (nSPS) is 47.2. The van der Waals surface area contributed by atoms with Crippen molar-refractivity contribution in [3.63, 3.8) is 0 Å². The standard InChI is InChI=1S/C19H28O18.CH4/c1-5-6(23)8(25)13(18(33-5)31-3-21)34-17-12(29)9(26)14(19(37-17)32-4-22)35-16-11(28)7(24)10(27)15(36-16)30-2-20;/h2-19,23-29H,1H3;1H4/t5-,6?,7?,8?,9?,10-,11?,12+,13-,14-,15?,16+,17+,18?,19?;/m0./s1. The van der Waals surface area contributed by atoms with E-state index in [0.717, 1.165) is 0 Å². The molecule has 3 aliphatic heterocycles. The Labute approximate surface area is 215 Å². The largest absolute Gasteiger partial charge is 0.435 e. The first-order valence-corrected chi connectivity index (χ1v) is 10.9. The van der Waals surface area contributed by atoms with Gasteiger partial charge in [-0.3, -0.25) is 14.4 Å². The molecule has 3 saturated heterocycles. The van der Waals surface area contributed by atoms with Crippen LogP contribution >= 0.6 is 0 Å². The van der Waals surface area contributed by atoms with Gasteiger partial charge in [0, 0.05) is 0 Å². The van der Waals surface area contributed by atoms with Crippen LogP contribution in [0.5, 0.6) is 0 Å². The van der Waals surface area contributed by atoms with Crippen LogP contribution in [-0.4, -0.2) is 148 Å². The number of aliphatic hydroxyl groups is 7. The van der Waals surface area contributed by atoms with Crippen molar-refractivity contribution in [1.82, 2.24) is 0 Å². The van der Waals surface area contributed by atoms with E-state index in [2.05, 4.69) is 4.74 Å². The number of hydrogen-bond donors (Lipinski definition) is 7. The summed E-state index contributed by atoms with van der Waals surface area (Å²) in [6, 6.07) is 0. The molecule has 0 amide bonds. The molecule has 0 aromatic rings. The van der Waals surface area contributed by atoms with Crippen molar-refractivity contribution in [3.8, 4) is 0 Å². The maximum Gasteiger partial charge on any atom is 0.295 e. The maximum atomic E-state index is 11.1. The average Bonchev–Trinajstić information content (AvgIpc) is 2.87. The fourth-order valence-electron chi connectivity index (χ4n) is 3.95. The summed E-state index contributed by atoms with van der Waals surface area (Å²) in [6.45, 7) is 1.12. The molecule has 3 fully saturated rings. The van der Waals surface area contributed by atoms with Crippen molar-refractivity contribution in [2.24, 2.45) is 0 Å². The molecule has 0 aromatic heterocycles. The predicted octanol–water partition coefficient (Wildman–Crippen LogP) is -5.45. The quantitative estimate of drug-likeness (QED) is 0.0970. The molecule has 0 aromatic carbocycles. The predicted molar refractivity (Wildman–Crippen MR) is 112 cm³/mol. The summed E-state index contributed by atoms with van der Waals surface area (Å²) in [5, 5.41) is 71.7. The van der Waals surface area contributed by atoms with Crippen molar-refractivity contribution >= 4 is 19.4 Å². The lowest BCUT2D eigenvalue weighted by Gasteiger charge is -2.47. The Balaban J connectivity index is 0.00000507. The fraction of sp³-hybridized carbons (Fsp3) is 0.850. The van der Waals surface area contributed by atoms with Gasteiger partial charge in [0.05, 0.1) is 6.10 Å². The van der Waals surface area contributed by atoms with Gasteiger partial charge in [0.2, 0.25) is 18.9 Å². The SMILES string of the molecule is C.C[C@@H]1OC(OC=O)[C@@H](O[C@@H]2OC(OC=O)[C@@H](O[C@@H]3OC(OC=O)[C@@H](O)C(O)C3O)C(O)[C@H]2O)C(O)C1O. The van der Waals surface area contributed by atoms with Gasteiger partial charge in [0.25, 0.3) is 19.4 Å². The summed E-state index contributed by atoms with van der Waals surface area (Å²) in [5.74, 6) is 0. The molecule has 0 spiro atoms. The van der Waals surface area contributed by atoms with Crippen molar-refractivity contribution in [2.45, 2.75) is 107 Å². The number of aliphatic hydroxyl groups excluding tert-OH is 7.